The van der Waals surface area contributed by atoms with Crippen molar-refractivity contribution < 1.29 is 5.11 Å². The molecular formula is C18H30N2O. The molecule has 0 aromatic carbocycles. The number of anilines is 1. The average molecular weight is 290 g/mol. The van der Waals surface area contributed by atoms with Gasteiger partial charge in [-0.25, -0.2) is 4.98 Å². The normalized spacial score (nSPS) is 22.3. The third-order valence-electron chi connectivity index (χ3n) is 4.92. The van der Waals surface area contributed by atoms with Crippen LogP contribution in [-0.4, -0.2) is 23.2 Å². The predicted octanol–water partition coefficient (Wildman–Crippen LogP) is 3.93. The summed E-state index contributed by atoms with van der Waals surface area (Å²) in [6.07, 6.45) is 8.60. The molecule has 1 saturated carbocycles. The molecule has 0 spiro atoms. The Morgan fingerprint density at radius 1 is 1.19 bits per heavy atom. The zero-order valence-electron chi connectivity index (χ0n) is 13.8. The quantitative estimate of drug-likeness (QED) is 0.862. The number of hydrogen-bond acceptors (Lipinski definition) is 3. The zero-order chi connectivity index (χ0) is 15.2. The summed E-state index contributed by atoms with van der Waals surface area (Å²) in [4.78, 5) is 7.14. The van der Waals surface area contributed by atoms with Crippen LogP contribution in [0, 0.1) is 5.92 Å². The number of aryl methyl sites for hydroxylation is 1. The fraction of sp³-hybridized carbons (Fsp3) is 0.722. The molecule has 1 aliphatic carbocycles. The second-order valence-electron chi connectivity index (χ2n) is 6.43. The van der Waals surface area contributed by atoms with Crippen LogP contribution in [0.4, 0.5) is 5.82 Å². The maximum absolute atomic E-state index is 9.47. The lowest BCUT2D eigenvalue weighted by Gasteiger charge is -2.35. The Kier molecular flexibility index (Phi) is 6.04. The first-order valence-electron chi connectivity index (χ1n) is 8.51. The van der Waals surface area contributed by atoms with Crippen molar-refractivity contribution in [3.8, 4) is 0 Å². The molecule has 1 heterocycles. The molecule has 1 aromatic rings. The number of rotatable bonds is 6. The minimum absolute atomic E-state index is 0.0999. The summed E-state index contributed by atoms with van der Waals surface area (Å²) in [5.74, 6) is 1.95. The molecule has 1 aliphatic rings. The minimum atomic E-state index is 0.0999. The number of aromatic nitrogens is 1. The Bertz CT molecular complexity index is 439. The van der Waals surface area contributed by atoms with Gasteiger partial charge in [-0.15, -0.1) is 0 Å². The van der Waals surface area contributed by atoms with Crippen LogP contribution in [0.15, 0.2) is 12.1 Å². The van der Waals surface area contributed by atoms with E-state index in [4.69, 9.17) is 4.98 Å². The van der Waals surface area contributed by atoms with Gasteiger partial charge in [-0.05, 0) is 55.7 Å². The standard InChI is InChI=1S/C18H30N2O/c1-4-6-16-11-15(13-21)12-18(19-16)20(3)17-9-7-14(5-2)8-10-17/h11-12,14,17,21H,4-10,13H2,1-3H3. The van der Waals surface area contributed by atoms with Crippen LogP contribution >= 0.6 is 0 Å². The summed E-state index contributed by atoms with van der Waals surface area (Å²) in [5.41, 5.74) is 2.09. The van der Waals surface area contributed by atoms with E-state index in [9.17, 15) is 5.11 Å². The molecule has 1 aromatic heterocycles. The Hall–Kier alpha value is -1.09. The highest BCUT2D eigenvalue weighted by Gasteiger charge is 2.24. The fourth-order valence-electron chi connectivity index (χ4n) is 3.42. The van der Waals surface area contributed by atoms with Crippen LogP contribution in [0.1, 0.15) is 63.6 Å². The van der Waals surface area contributed by atoms with Crippen LogP contribution in [0.5, 0.6) is 0 Å². The van der Waals surface area contributed by atoms with Gasteiger partial charge < -0.3 is 10.0 Å². The number of aliphatic hydroxyl groups excluding tert-OH is 1. The molecule has 118 valence electrons. The highest BCUT2D eigenvalue weighted by Crippen LogP contribution is 2.31. The van der Waals surface area contributed by atoms with E-state index in [1.54, 1.807) is 0 Å². The van der Waals surface area contributed by atoms with E-state index >= 15 is 0 Å². The van der Waals surface area contributed by atoms with Crippen molar-refractivity contribution in [1.29, 1.82) is 0 Å². The van der Waals surface area contributed by atoms with E-state index in [1.165, 1.54) is 32.1 Å². The third-order valence-corrected chi connectivity index (χ3v) is 4.92. The van der Waals surface area contributed by atoms with E-state index < -0.39 is 0 Å². The van der Waals surface area contributed by atoms with Crippen molar-refractivity contribution >= 4 is 5.82 Å². The second kappa shape index (κ2) is 7.79. The maximum atomic E-state index is 9.47. The van der Waals surface area contributed by atoms with E-state index in [1.807, 2.05) is 12.1 Å². The molecule has 3 nitrogen and oxygen atoms in total. The predicted molar refractivity (Wildman–Crippen MR) is 88.6 cm³/mol. The molecule has 0 unspecified atom stereocenters. The first-order chi connectivity index (χ1) is 10.2. The van der Waals surface area contributed by atoms with Crippen LogP contribution in [0.25, 0.3) is 0 Å². The summed E-state index contributed by atoms with van der Waals surface area (Å²) in [7, 11) is 2.16. The van der Waals surface area contributed by atoms with Crippen molar-refractivity contribution in [2.24, 2.45) is 5.92 Å². The number of aliphatic hydroxyl groups is 1. The number of pyridine rings is 1. The SMILES string of the molecule is CCCc1cc(CO)cc(N(C)C2CCC(CC)CC2)n1. The Balaban J connectivity index is 2.10. The summed E-state index contributed by atoms with van der Waals surface area (Å²) < 4.78 is 0. The molecule has 1 N–H and O–H groups in total. The minimum Gasteiger partial charge on any atom is -0.392 e. The lowest BCUT2D eigenvalue weighted by molar-refractivity contribution is 0.281. The van der Waals surface area contributed by atoms with Crippen molar-refractivity contribution in [2.45, 2.75) is 71.4 Å². The molecule has 0 radical (unpaired) electrons. The molecule has 3 heteroatoms. The van der Waals surface area contributed by atoms with Crippen LogP contribution < -0.4 is 4.90 Å². The van der Waals surface area contributed by atoms with Crippen molar-refractivity contribution in [1.82, 2.24) is 4.98 Å². The molecule has 21 heavy (non-hydrogen) atoms. The fourth-order valence-corrected chi connectivity index (χ4v) is 3.42. The molecule has 0 amide bonds. The Morgan fingerprint density at radius 2 is 1.90 bits per heavy atom. The molecule has 0 atom stereocenters. The highest BCUT2D eigenvalue weighted by molar-refractivity contribution is 5.43. The lowest BCUT2D eigenvalue weighted by atomic mass is 9.84. The smallest absolute Gasteiger partial charge is 0.129 e. The van der Waals surface area contributed by atoms with E-state index in [-0.39, 0.29) is 6.61 Å². The van der Waals surface area contributed by atoms with E-state index in [0.29, 0.717) is 6.04 Å². The van der Waals surface area contributed by atoms with Gasteiger partial charge in [0, 0.05) is 18.8 Å². The van der Waals surface area contributed by atoms with Gasteiger partial charge in [0.25, 0.3) is 0 Å². The van der Waals surface area contributed by atoms with Gasteiger partial charge in [0.2, 0.25) is 0 Å². The molecule has 0 saturated heterocycles. The maximum Gasteiger partial charge on any atom is 0.129 e. The topological polar surface area (TPSA) is 36.4 Å². The van der Waals surface area contributed by atoms with Crippen molar-refractivity contribution in [2.75, 3.05) is 11.9 Å². The Morgan fingerprint density at radius 3 is 2.48 bits per heavy atom. The molecular weight excluding hydrogens is 260 g/mol. The Labute approximate surface area is 129 Å². The molecule has 2 rings (SSSR count). The van der Waals surface area contributed by atoms with Crippen LogP contribution in [-0.2, 0) is 13.0 Å². The van der Waals surface area contributed by atoms with Gasteiger partial charge in [-0.2, -0.15) is 0 Å². The molecule has 1 fully saturated rings. The summed E-state index contributed by atoms with van der Waals surface area (Å²) in [6, 6.07) is 4.68. The number of nitrogens with zero attached hydrogens (tertiary/aromatic N) is 2. The van der Waals surface area contributed by atoms with Gasteiger partial charge >= 0.3 is 0 Å². The van der Waals surface area contributed by atoms with Gasteiger partial charge in [-0.1, -0.05) is 26.7 Å². The van der Waals surface area contributed by atoms with Crippen LogP contribution in [0.3, 0.4) is 0 Å². The largest absolute Gasteiger partial charge is 0.392 e. The van der Waals surface area contributed by atoms with Gasteiger partial charge in [0.1, 0.15) is 5.82 Å². The van der Waals surface area contributed by atoms with E-state index in [2.05, 4.69) is 25.8 Å². The van der Waals surface area contributed by atoms with Crippen LogP contribution in [0.2, 0.25) is 0 Å². The second-order valence-corrected chi connectivity index (χ2v) is 6.43. The lowest BCUT2D eigenvalue weighted by Crippen LogP contribution is -2.35. The van der Waals surface area contributed by atoms with Crippen molar-refractivity contribution in [3.63, 3.8) is 0 Å². The highest BCUT2D eigenvalue weighted by atomic mass is 16.3. The first kappa shape index (κ1) is 16.3. The average Bonchev–Trinajstić information content (AvgIpc) is 2.54. The first-order valence-corrected chi connectivity index (χ1v) is 8.51. The monoisotopic (exact) mass is 290 g/mol. The molecule has 0 aliphatic heterocycles. The van der Waals surface area contributed by atoms with Gasteiger partial charge in [-0.3, -0.25) is 0 Å². The zero-order valence-corrected chi connectivity index (χ0v) is 13.8. The van der Waals surface area contributed by atoms with E-state index in [0.717, 1.165) is 35.8 Å². The summed E-state index contributed by atoms with van der Waals surface area (Å²) >= 11 is 0. The van der Waals surface area contributed by atoms with Crippen molar-refractivity contribution in [3.05, 3.63) is 23.4 Å². The molecule has 0 bridgehead atoms. The van der Waals surface area contributed by atoms with Gasteiger partial charge in [0.05, 0.1) is 6.61 Å². The summed E-state index contributed by atoms with van der Waals surface area (Å²) in [5, 5.41) is 9.47. The summed E-state index contributed by atoms with van der Waals surface area (Å²) in [6.45, 7) is 4.57. The number of hydrogen-bond donors (Lipinski definition) is 1. The third kappa shape index (κ3) is 4.19. The van der Waals surface area contributed by atoms with Gasteiger partial charge in [0.15, 0.2) is 0 Å².